The number of amides is 4. The number of hydrogen-bond acceptors (Lipinski definition) is 10. The van der Waals surface area contributed by atoms with Crippen molar-refractivity contribution in [2.24, 2.45) is 4.99 Å². The van der Waals surface area contributed by atoms with E-state index >= 15 is 0 Å². The van der Waals surface area contributed by atoms with Crippen molar-refractivity contribution in [3.05, 3.63) is 30.6 Å². The van der Waals surface area contributed by atoms with Gasteiger partial charge in [0, 0.05) is 25.0 Å². The highest BCUT2D eigenvalue weighted by atomic mass is 19.4. The summed E-state index contributed by atoms with van der Waals surface area (Å²) in [5.41, 5.74) is 0.263. The van der Waals surface area contributed by atoms with Crippen molar-refractivity contribution in [2.75, 3.05) is 18.9 Å². The zero-order valence-corrected chi connectivity index (χ0v) is 18.7. The highest BCUT2D eigenvalue weighted by molar-refractivity contribution is 6.03. The molecule has 4 rings (SSSR count). The van der Waals surface area contributed by atoms with Gasteiger partial charge in [-0.3, -0.25) is 14.6 Å². The lowest BCUT2D eigenvalue weighted by Gasteiger charge is -2.41. The van der Waals surface area contributed by atoms with Crippen LogP contribution in [0.15, 0.2) is 29.8 Å². The normalized spacial score (nSPS) is 20.3. The van der Waals surface area contributed by atoms with Crippen LogP contribution in [0.2, 0.25) is 0 Å². The van der Waals surface area contributed by atoms with Crippen LogP contribution in [-0.2, 0) is 15.8 Å². The molecule has 0 saturated carbocycles. The lowest BCUT2D eigenvalue weighted by atomic mass is 10.1. The number of nitriles is 1. The number of nitrogens with one attached hydrogen (secondary N) is 1. The molecule has 0 spiro atoms. The summed E-state index contributed by atoms with van der Waals surface area (Å²) in [5, 5.41) is 11.5. The second-order valence-corrected chi connectivity index (χ2v) is 7.79. The molecule has 2 aromatic heterocycles. The van der Waals surface area contributed by atoms with Crippen molar-refractivity contribution in [1.82, 2.24) is 34.6 Å². The van der Waals surface area contributed by atoms with Gasteiger partial charge in [0.15, 0.2) is 18.0 Å². The van der Waals surface area contributed by atoms with Crippen molar-refractivity contribution in [2.45, 2.75) is 31.3 Å². The molecule has 0 aliphatic carbocycles. The van der Waals surface area contributed by atoms with E-state index in [1.54, 1.807) is 6.07 Å². The van der Waals surface area contributed by atoms with E-state index in [2.05, 4.69) is 30.2 Å². The number of urea groups is 1. The fraction of sp³-hybridized carbons (Fsp3) is 0.350. The Morgan fingerprint density at radius 2 is 1.92 bits per heavy atom. The molecule has 1 fully saturated rings. The Morgan fingerprint density at radius 1 is 1.22 bits per heavy atom. The number of alkyl halides is 3. The number of halogens is 3. The Morgan fingerprint density at radius 3 is 2.56 bits per heavy atom. The van der Waals surface area contributed by atoms with Crippen molar-refractivity contribution in [3.63, 3.8) is 0 Å². The molecular weight excluding hydrogens is 485 g/mol. The maximum absolute atomic E-state index is 12.9. The number of likely N-dealkylation sites (N-methyl/N-ethyl adjacent to an activating group) is 1. The summed E-state index contributed by atoms with van der Waals surface area (Å²) in [6, 6.07) is -0.873. The molecule has 1 saturated heterocycles. The maximum atomic E-state index is 12.9. The average molecular weight is 502 g/mol. The number of fused-ring (bicyclic) bond motifs is 1. The fourth-order valence-electron chi connectivity index (χ4n) is 3.67. The van der Waals surface area contributed by atoms with Crippen molar-refractivity contribution < 1.29 is 27.6 Å². The molecule has 0 aromatic carbocycles. The molecule has 3 atom stereocenters. The first-order chi connectivity index (χ1) is 17.0. The Kier molecular flexibility index (Phi) is 6.23. The van der Waals surface area contributed by atoms with Crippen LogP contribution in [0.3, 0.4) is 0 Å². The molecule has 4 amide bonds. The van der Waals surface area contributed by atoms with Crippen LogP contribution in [-0.4, -0.2) is 90.7 Å². The molecule has 13 nitrogen and oxygen atoms in total. The first-order valence-corrected chi connectivity index (χ1v) is 10.3. The molecule has 1 N–H and O–H groups in total. The molecule has 3 unspecified atom stereocenters. The number of nitrogens with zero attached hydrogens (tertiary/aromatic N) is 9. The predicted molar refractivity (Wildman–Crippen MR) is 115 cm³/mol. The molecule has 186 valence electrons. The Hall–Kier alpha value is -4.68. The van der Waals surface area contributed by atoms with E-state index in [4.69, 9.17) is 5.26 Å². The van der Waals surface area contributed by atoms with Gasteiger partial charge in [-0.1, -0.05) is 0 Å². The lowest BCUT2D eigenvalue weighted by Crippen LogP contribution is -2.66. The first-order valence-electron chi connectivity index (χ1n) is 10.3. The van der Waals surface area contributed by atoms with Gasteiger partial charge in [0.2, 0.25) is 11.7 Å². The van der Waals surface area contributed by atoms with Crippen molar-refractivity contribution in [1.29, 1.82) is 5.26 Å². The third-order valence-corrected chi connectivity index (χ3v) is 5.55. The fourth-order valence-corrected chi connectivity index (χ4v) is 3.67. The number of hydrogen-bond donors (Lipinski definition) is 1. The van der Waals surface area contributed by atoms with Gasteiger partial charge in [-0.05, 0) is 6.92 Å². The zero-order chi connectivity index (χ0) is 26.2. The summed E-state index contributed by atoms with van der Waals surface area (Å²) in [7, 11) is 1.44. The molecule has 0 bridgehead atoms. The second kappa shape index (κ2) is 9.17. The molecular formula is C20H17F3N10O3. The third-order valence-electron chi connectivity index (χ3n) is 5.55. The van der Waals surface area contributed by atoms with Crippen molar-refractivity contribution >= 4 is 30.0 Å². The standard InChI is InChI=1S/C20H17F3N10O3/c1-10(33-9-28-15-14(33)17(35)32(4-3-24)19(36)31(15)2)16(34)30-13-8-25-7-12(29-13)11-5-26-18(27-6-11)20(21,22)23/h5-10,14-15H,4H2,1-2H3,(H,29,30,34). The van der Waals surface area contributed by atoms with E-state index in [0.717, 1.165) is 17.3 Å². The average Bonchev–Trinajstić information content (AvgIpc) is 3.30. The molecule has 2 aliphatic rings. The van der Waals surface area contributed by atoms with E-state index in [1.165, 1.54) is 42.5 Å². The minimum absolute atomic E-state index is 0.00897. The number of aliphatic imine (C=N–C) groups is 1. The summed E-state index contributed by atoms with van der Waals surface area (Å²) in [6.07, 6.45) is 0.105. The molecule has 16 heteroatoms. The molecule has 0 radical (unpaired) electrons. The van der Waals surface area contributed by atoms with Crippen LogP contribution in [0.4, 0.5) is 23.8 Å². The number of carbonyl (C=O) groups excluding carboxylic acids is 3. The van der Waals surface area contributed by atoms with Gasteiger partial charge in [0.25, 0.3) is 5.91 Å². The highest BCUT2D eigenvalue weighted by Crippen LogP contribution is 2.28. The van der Waals surface area contributed by atoms with Gasteiger partial charge in [0.05, 0.1) is 30.5 Å². The minimum atomic E-state index is -4.69. The van der Waals surface area contributed by atoms with Crippen LogP contribution in [0, 0.1) is 11.3 Å². The lowest BCUT2D eigenvalue weighted by molar-refractivity contribution is -0.145. The second-order valence-electron chi connectivity index (χ2n) is 7.79. The Balaban J connectivity index is 1.49. The van der Waals surface area contributed by atoms with Gasteiger partial charge >= 0.3 is 12.2 Å². The minimum Gasteiger partial charge on any atom is -0.335 e. The van der Waals surface area contributed by atoms with E-state index in [9.17, 15) is 27.6 Å². The molecule has 2 aliphatic heterocycles. The van der Waals surface area contributed by atoms with Crippen molar-refractivity contribution in [3.8, 4) is 17.3 Å². The van der Waals surface area contributed by atoms with Gasteiger partial charge in [-0.15, -0.1) is 0 Å². The van der Waals surface area contributed by atoms with Crippen LogP contribution in [0.5, 0.6) is 0 Å². The van der Waals surface area contributed by atoms with Crippen LogP contribution < -0.4 is 5.32 Å². The van der Waals surface area contributed by atoms with Crippen LogP contribution in [0.25, 0.3) is 11.3 Å². The number of aromatic nitrogens is 4. The molecule has 2 aromatic rings. The summed E-state index contributed by atoms with van der Waals surface area (Å²) < 4.78 is 38.1. The highest BCUT2D eigenvalue weighted by Gasteiger charge is 2.51. The molecule has 4 heterocycles. The van der Waals surface area contributed by atoms with E-state index in [0.29, 0.717) is 0 Å². The zero-order valence-electron chi connectivity index (χ0n) is 18.7. The van der Waals surface area contributed by atoms with Gasteiger partial charge in [0.1, 0.15) is 12.6 Å². The monoisotopic (exact) mass is 502 g/mol. The Bertz CT molecular complexity index is 1280. The quantitative estimate of drug-likeness (QED) is 0.581. The SMILES string of the molecule is CC(C(=O)Nc1cncc(-c2cnc(C(F)(F)F)nc2)n1)N1C=NC2C1C(=O)N(CC#N)C(=O)N2C. The van der Waals surface area contributed by atoms with Crippen LogP contribution in [0.1, 0.15) is 12.7 Å². The topological polar surface area (TPSA) is 161 Å². The number of carbonyl (C=O) groups is 3. The number of imide groups is 1. The summed E-state index contributed by atoms with van der Waals surface area (Å²) >= 11 is 0. The summed E-state index contributed by atoms with van der Waals surface area (Å²) in [6.45, 7) is 1.05. The van der Waals surface area contributed by atoms with E-state index in [-0.39, 0.29) is 17.1 Å². The van der Waals surface area contributed by atoms with E-state index in [1.807, 2.05) is 0 Å². The van der Waals surface area contributed by atoms with Gasteiger partial charge in [-0.2, -0.15) is 18.4 Å². The van der Waals surface area contributed by atoms with Gasteiger partial charge in [-0.25, -0.2) is 29.6 Å². The largest absolute Gasteiger partial charge is 0.451 e. The maximum Gasteiger partial charge on any atom is 0.451 e. The van der Waals surface area contributed by atoms with Crippen LogP contribution >= 0.6 is 0 Å². The third kappa shape index (κ3) is 4.37. The summed E-state index contributed by atoms with van der Waals surface area (Å²) in [5.74, 6) is -2.58. The predicted octanol–water partition coefficient (Wildman–Crippen LogP) is 0.736. The number of rotatable bonds is 5. The first kappa shape index (κ1) is 24.4. The Labute approximate surface area is 201 Å². The molecule has 36 heavy (non-hydrogen) atoms. The summed E-state index contributed by atoms with van der Waals surface area (Å²) in [4.78, 5) is 60.4. The number of anilines is 1. The van der Waals surface area contributed by atoms with E-state index < -0.39 is 54.6 Å². The van der Waals surface area contributed by atoms with Gasteiger partial charge < -0.3 is 15.1 Å². The smallest absolute Gasteiger partial charge is 0.335 e.